The highest BCUT2D eigenvalue weighted by Gasteiger charge is 2.12. The van der Waals surface area contributed by atoms with E-state index in [-0.39, 0.29) is 0 Å². The molecule has 0 N–H and O–H groups in total. The van der Waals surface area contributed by atoms with Crippen LogP contribution in [0, 0.1) is 13.8 Å². The van der Waals surface area contributed by atoms with E-state index in [4.69, 9.17) is 15.0 Å². The molecule has 0 bridgehead atoms. The topological polar surface area (TPSA) is 80.8 Å². The third-order valence-electron chi connectivity index (χ3n) is 9.53. The average molecular weight is 675 g/mol. The van der Waals surface area contributed by atoms with Crippen LogP contribution >= 0.6 is 0 Å². The van der Waals surface area contributed by atoms with Gasteiger partial charge in [-0.1, -0.05) is 130 Å². The van der Waals surface area contributed by atoms with Crippen molar-refractivity contribution in [2.45, 2.75) is 222 Å². The number of carbonyl (C=O) groups excluding carboxylic acids is 1. The lowest BCUT2D eigenvalue weighted by Crippen LogP contribution is -2.37. The van der Waals surface area contributed by atoms with Crippen LogP contribution < -0.4 is 19.3 Å². The zero-order valence-electron chi connectivity index (χ0n) is 32.6. The maximum Gasteiger partial charge on any atom is 0.253 e. The Bertz CT molecular complexity index is 841. The van der Waals surface area contributed by atoms with E-state index in [1.807, 2.05) is 0 Å². The summed E-state index contributed by atoms with van der Waals surface area (Å²) < 4.78 is 9.77. The van der Waals surface area contributed by atoms with Gasteiger partial charge < -0.3 is 15.0 Å². The smallest absolute Gasteiger partial charge is 0.253 e. The predicted octanol–water partition coefficient (Wildman–Crippen LogP) is 9.16. The number of aryl methyl sites for hydroxylation is 4. The minimum Gasteiger partial charge on any atom is -0.652 e. The van der Waals surface area contributed by atoms with Gasteiger partial charge in [-0.05, 0) is 57.5 Å². The van der Waals surface area contributed by atoms with Crippen LogP contribution in [0.25, 0.3) is 0 Å². The standard InChI is InChI=1S/2C20H39N2.CH2O3/c2*1-4-6-8-10-12-14-16-21-18-19-22(20(21)3)17-15-13-11-9-7-5-2;2-1(3)4/h2*18-19H,4-17H2,1-3H3;(H2,2,3,4)/q2*+1;/p-2. The number of hydrogen-bond donors (Lipinski definition) is 0. The van der Waals surface area contributed by atoms with Gasteiger partial charge in [-0.15, -0.1) is 0 Å². The SMILES string of the molecule is CCCCCCCCn1cc[n+](CCCCCCCC)c1C.CCCCCCCCn1cc[n+](CCCCCCCC)c1C.O=C([O-])[O-]. The fraction of sp³-hybridized carbons (Fsp3) is 0.829. The molecule has 0 aromatic carbocycles. The number of carbonyl (C=O) groups is 1. The minimum atomic E-state index is -2.33. The van der Waals surface area contributed by atoms with Crippen molar-refractivity contribution in [1.82, 2.24) is 9.13 Å². The summed E-state index contributed by atoms with van der Waals surface area (Å²) >= 11 is 0. The van der Waals surface area contributed by atoms with Crippen molar-refractivity contribution in [3.05, 3.63) is 36.4 Å². The first kappa shape index (κ1) is 45.7. The minimum absolute atomic E-state index is 1.20. The van der Waals surface area contributed by atoms with Crippen LogP contribution in [-0.4, -0.2) is 15.3 Å². The summed E-state index contributed by atoms with van der Waals surface area (Å²) in [4.78, 5) is 8.33. The lowest BCUT2D eigenvalue weighted by molar-refractivity contribution is -0.703. The maximum atomic E-state index is 8.33. The first-order valence-electron chi connectivity index (χ1n) is 20.3. The first-order chi connectivity index (χ1) is 23.3. The van der Waals surface area contributed by atoms with Gasteiger partial charge in [0.05, 0.1) is 26.2 Å². The molecular formula is C41H78N4O3. The second-order valence-electron chi connectivity index (χ2n) is 13.8. The van der Waals surface area contributed by atoms with Crippen molar-refractivity contribution in [2.24, 2.45) is 0 Å². The Hall–Kier alpha value is -2.31. The van der Waals surface area contributed by atoms with Crippen LogP contribution in [0.2, 0.25) is 0 Å². The molecule has 0 amide bonds. The van der Waals surface area contributed by atoms with Crippen molar-refractivity contribution in [2.75, 3.05) is 0 Å². The number of imidazole rings is 2. The Morgan fingerprint density at radius 1 is 0.479 bits per heavy atom. The van der Waals surface area contributed by atoms with Gasteiger partial charge in [0.25, 0.3) is 11.6 Å². The van der Waals surface area contributed by atoms with Gasteiger partial charge in [-0.2, -0.15) is 0 Å². The Morgan fingerprint density at radius 2 is 0.729 bits per heavy atom. The monoisotopic (exact) mass is 675 g/mol. The largest absolute Gasteiger partial charge is 0.652 e. The molecule has 0 saturated carbocycles. The van der Waals surface area contributed by atoms with Crippen molar-refractivity contribution < 1.29 is 24.1 Å². The fourth-order valence-electron chi connectivity index (χ4n) is 6.28. The molecule has 2 rings (SSSR count). The molecule has 2 heterocycles. The Labute approximate surface area is 297 Å². The molecule has 7 heteroatoms. The van der Waals surface area contributed by atoms with Crippen molar-refractivity contribution in [1.29, 1.82) is 0 Å². The van der Waals surface area contributed by atoms with Gasteiger partial charge >= 0.3 is 0 Å². The summed E-state index contributed by atoms with van der Waals surface area (Å²) in [6, 6.07) is 0. The number of carboxylic acid groups (broad SMARTS) is 2. The normalized spacial score (nSPS) is 10.8. The van der Waals surface area contributed by atoms with Crippen LogP contribution in [0.3, 0.4) is 0 Å². The molecule has 0 unspecified atom stereocenters. The third kappa shape index (κ3) is 25.7. The molecule has 0 fully saturated rings. The van der Waals surface area contributed by atoms with E-state index < -0.39 is 6.16 Å². The van der Waals surface area contributed by atoms with Crippen LogP contribution in [0.15, 0.2) is 24.8 Å². The third-order valence-corrected chi connectivity index (χ3v) is 9.53. The van der Waals surface area contributed by atoms with Gasteiger partial charge in [0, 0.05) is 13.8 Å². The summed E-state index contributed by atoms with van der Waals surface area (Å²) in [6.07, 6.45) is 39.9. The van der Waals surface area contributed by atoms with Gasteiger partial charge in [-0.25, -0.2) is 18.3 Å². The molecule has 0 aliphatic rings. The lowest BCUT2D eigenvalue weighted by atomic mass is 10.1. The lowest BCUT2D eigenvalue weighted by Gasteiger charge is -2.03. The molecule has 2 aromatic rings. The molecule has 0 spiro atoms. The molecule has 48 heavy (non-hydrogen) atoms. The highest BCUT2D eigenvalue weighted by atomic mass is 16.6. The van der Waals surface area contributed by atoms with E-state index in [2.05, 4.69) is 84.6 Å². The molecular weight excluding hydrogens is 596 g/mol. The number of unbranched alkanes of at least 4 members (excludes halogenated alkanes) is 20. The number of hydrogen-bond acceptors (Lipinski definition) is 3. The van der Waals surface area contributed by atoms with E-state index in [9.17, 15) is 0 Å². The fourth-order valence-corrected chi connectivity index (χ4v) is 6.28. The quantitative estimate of drug-likeness (QED) is 0.0667. The van der Waals surface area contributed by atoms with E-state index >= 15 is 0 Å². The van der Waals surface area contributed by atoms with Gasteiger partial charge in [0.2, 0.25) is 0 Å². The first-order valence-corrected chi connectivity index (χ1v) is 20.3. The summed E-state index contributed by atoms with van der Waals surface area (Å²) in [5.41, 5.74) is 0. The predicted molar refractivity (Wildman–Crippen MR) is 198 cm³/mol. The summed E-state index contributed by atoms with van der Waals surface area (Å²) in [5.74, 6) is 2.87. The van der Waals surface area contributed by atoms with Gasteiger partial charge in [-0.3, -0.25) is 0 Å². The summed E-state index contributed by atoms with van der Waals surface area (Å²) in [5, 5.41) is 16.7. The number of aromatic nitrogens is 4. The Morgan fingerprint density at radius 3 is 1.02 bits per heavy atom. The highest BCUT2D eigenvalue weighted by molar-refractivity contribution is 5.47. The van der Waals surface area contributed by atoms with E-state index in [0.29, 0.717) is 0 Å². The molecule has 280 valence electrons. The second kappa shape index (κ2) is 33.2. The van der Waals surface area contributed by atoms with E-state index in [0.717, 1.165) is 0 Å². The Balaban J connectivity index is 0.000000827. The van der Waals surface area contributed by atoms with Crippen molar-refractivity contribution in [3.8, 4) is 0 Å². The van der Waals surface area contributed by atoms with E-state index in [1.165, 1.54) is 192 Å². The second-order valence-corrected chi connectivity index (χ2v) is 13.8. The van der Waals surface area contributed by atoms with Crippen LogP contribution in [0.4, 0.5) is 4.79 Å². The van der Waals surface area contributed by atoms with Gasteiger partial charge in [0.1, 0.15) is 24.8 Å². The molecule has 0 atom stereocenters. The zero-order chi connectivity index (χ0) is 35.7. The molecule has 0 saturated heterocycles. The summed E-state index contributed by atoms with van der Waals surface area (Å²) in [6.45, 7) is 18.5. The van der Waals surface area contributed by atoms with Crippen LogP contribution in [-0.2, 0) is 26.2 Å². The molecule has 7 nitrogen and oxygen atoms in total. The van der Waals surface area contributed by atoms with Crippen LogP contribution in [0.5, 0.6) is 0 Å². The zero-order valence-corrected chi connectivity index (χ0v) is 32.6. The van der Waals surface area contributed by atoms with Crippen molar-refractivity contribution >= 4 is 6.16 Å². The van der Waals surface area contributed by atoms with E-state index in [1.54, 1.807) is 0 Å². The van der Waals surface area contributed by atoms with Crippen LogP contribution in [0.1, 0.15) is 193 Å². The molecule has 0 aliphatic heterocycles. The highest BCUT2D eigenvalue weighted by Crippen LogP contribution is 2.10. The number of nitrogens with zero attached hydrogens (tertiary/aromatic N) is 4. The summed E-state index contributed by atoms with van der Waals surface area (Å²) in [7, 11) is 0. The molecule has 0 radical (unpaired) electrons. The van der Waals surface area contributed by atoms with Crippen molar-refractivity contribution in [3.63, 3.8) is 0 Å². The number of rotatable bonds is 28. The van der Waals surface area contributed by atoms with Gasteiger partial charge in [0.15, 0.2) is 0 Å². The molecule has 0 aliphatic carbocycles. The Kier molecular flexibility index (Phi) is 31.6. The molecule has 2 aromatic heterocycles. The average Bonchev–Trinajstić information content (AvgIpc) is 3.60. The maximum absolute atomic E-state index is 8.33.